The molecule has 0 aliphatic carbocycles. The van der Waals surface area contributed by atoms with Gasteiger partial charge in [-0.25, -0.2) is 0 Å². The molecule has 1 aromatic carbocycles. The van der Waals surface area contributed by atoms with Crippen molar-refractivity contribution in [1.82, 2.24) is 0 Å². The van der Waals surface area contributed by atoms with E-state index in [4.69, 9.17) is 14.2 Å². The third-order valence-electron chi connectivity index (χ3n) is 4.36. The van der Waals surface area contributed by atoms with Crippen LogP contribution in [0.1, 0.15) is 70.5 Å². The molecule has 0 spiro atoms. The first-order valence-electron chi connectivity index (χ1n) is 9.29. The Labute approximate surface area is 141 Å². The third-order valence-corrected chi connectivity index (χ3v) is 4.36. The highest BCUT2D eigenvalue weighted by molar-refractivity contribution is 5.28. The molecule has 2 rings (SSSR count). The first-order valence-corrected chi connectivity index (χ1v) is 9.29. The Morgan fingerprint density at radius 1 is 0.913 bits per heavy atom. The van der Waals surface area contributed by atoms with Gasteiger partial charge in [-0.1, -0.05) is 58.1 Å². The van der Waals surface area contributed by atoms with Crippen LogP contribution in [0.25, 0.3) is 0 Å². The number of ether oxygens (including phenoxy) is 3. The van der Waals surface area contributed by atoms with E-state index in [1.54, 1.807) is 0 Å². The molecular weight excluding hydrogens is 288 g/mol. The zero-order valence-corrected chi connectivity index (χ0v) is 14.8. The Morgan fingerprint density at radius 3 is 2.35 bits per heavy atom. The molecule has 1 aromatic rings. The molecule has 23 heavy (non-hydrogen) atoms. The van der Waals surface area contributed by atoms with E-state index in [-0.39, 0.29) is 12.2 Å². The van der Waals surface area contributed by atoms with Gasteiger partial charge in [-0.3, -0.25) is 0 Å². The molecule has 0 aromatic heterocycles. The summed E-state index contributed by atoms with van der Waals surface area (Å²) >= 11 is 0. The van der Waals surface area contributed by atoms with Gasteiger partial charge in [0.25, 0.3) is 0 Å². The van der Waals surface area contributed by atoms with E-state index in [2.05, 4.69) is 26.0 Å². The van der Waals surface area contributed by atoms with Gasteiger partial charge in [0.1, 0.15) is 11.9 Å². The average Bonchev–Trinajstić information content (AvgIpc) is 2.60. The number of hydrogen-bond donors (Lipinski definition) is 0. The molecule has 0 amide bonds. The van der Waals surface area contributed by atoms with E-state index in [1.807, 2.05) is 12.1 Å². The van der Waals surface area contributed by atoms with Crippen LogP contribution in [-0.4, -0.2) is 25.9 Å². The predicted octanol–water partition coefficient (Wildman–Crippen LogP) is 5.29. The predicted molar refractivity (Wildman–Crippen MR) is 94.0 cm³/mol. The van der Waals surface area contributed by atoms with Gasteiger partial charge in [-0.15, -0.1) is 0 Å². The highest BCUT2D eigenvalue weighted by Crippen LogP contribution is 2.26. The van der Waals surface area contributed by atoms with Crippen LogP contribution in [-0.2, 0) is 9.47 Å². The molecule has 2 atom stereocenters. The molecule has 0 N–H and O–H groups in total. The first kappa shape index (κ1) is 18.3. The lowest BCUT2D eigenvalue weighted by Crippen LogP contribution is -2.31. The van der Waals surface area contributed by atoms with Gasteiger partial charge in [0.2, 0.25) is 0 Å². The van der Waals surface area contributed by atoms with Crippen molar-refractivity contribution in [2.24, 2.45) is 0 Å². The van der Waals surface area contributed by atoms with Crippen molar-refractivity contribution in [3.63, 3.8) is 0 Å². The summed E-state index contributed by atoms with van der Waals surface area (Å²) in [5.41, 5.74) is 1.18. The number of rotatable bonds is 10. The molecule has 130 valence electrons. The number of benzene rings is 1. The molecule has 3 nitrogen and oxygen atoms in total. The normalized spacial score (nSPS) is 21.3. The number of unbranched alkanes of at least 4 members (excludes halogenated alkanes) is 4. The molecule has 3 heteroatoms. The minimum atomic E-state index is 0.0617. The molecule has 0 radical (unpaired) electrons. The van der Waals surface area contributed by atoms with Crippen molar-refractivity contribution in [2.75, 3.05) is 19.8 Å². The summed E-state index contributed by atoms with van der Waals surface area (Å²) in [6, 6.07) is 8.25. The minimum Gasteiger partial charge on any atom is -0.494 e. The van der Waals surface area contributed by atoms with Crippen molar-refractivity contribution in [3.05, 3.63) is 29.8 Å². The van der Waals surface area contributed by atoms with Gasteiger partial charge < -0.3 is 14.2 Å². The maximum Gasteiger partial charge on any atom is 0.119 e. The van der Waals surface area contributed by atoms with E-state index in [0.717, 1.165) is 31.6 Å². The fourth-order valence-corrected chi connectivity index (χ4v) is 2.81. The van der Waals surface area contributed by atoms with Crippen LogP contribution in [0.5, 0.6) is 5.75 Å². The zero-order chi connectivity index (χ0) is 16.3. The standard InChI is InChI=1S/C20H32O3/c1-3-5-7-8-9-19-15-23-20(16-22-19)17-10-12-18(13-11-17)21-14-6-4-2/h10-13,19-20H,3-9,14-16H2,1-2H3. The summed E-state index contributed by atoms with van der Waals surface area (Å²) < 4.78 is 17.7. The Morgan fingerprint density at radius 2 is 1.70 bits per heavy atom. The molecule has 1 saturated heterocycles. The van der Waals surface area contributed by atoms with Gasteiger partial charge in [-0.2, -0.15) is 0 Å². The molecule has 1 aliphatic rings. The van der Waals surface area contributed by atoms with E-state index in [9.17, 15) is 0 Å². The van der Waals surface area contributed by atoms with Gasteiger partial charge in [0, 0.05) is 0 Å². The van der Waals surface area contributed by atoms with Gasteiger partial charge in [0.15, 0.2) is 0 Å². The minimum absolute atomic E-state index is 0.0617. The van der Waals surface area contributed by atoms with Gasteiger partial charge in [-0.05, 0) is 30.5 Å². The lowest BCUT2D eigenvalue weighted by atomic mass is 10.1. The second kappa shape index (κ2) is 10.7. The van der Waals surface area contributed by atoms with Crippen molar-refractivity contribution in [1.29, 1.82) is 0 Å². The van der Waals surface area contributed by atoms with Crippen LogP contribution in [0.15, 0.2) is 24.3 Å². The molecule has 2 unspecified atom stereocenters. The molecular formula is C20H32O3. The highest BCUT2D eigenvalue weighted by Gasteiger charge is 2.23. The lowest BCUT2D eigenvalue weighted by molar-refractivity contribution is -0.137. The smallest absolute Gasteiger partial charge is 0.119 e. The Hall–Kier alpha value is -1.06. The highest BCUT2D eigenvalue weighted by atomic mass is 16.6. The largest absolute Gasteiger partial charge is 0.494 e. The van der Waals surface area contributed by atoms with Gasteiger partial charge in [0.05, 0.1) is 25.9 Å². The summed E-state index contributed by atoms with van der Waals surface area (Å²) in [5, 5.41) is 0. The van der Waals surface area contributed by atoms with Crippen molar-refractivity contribution in [3.8, 4) is 5.75 Å². The summed E-state index contributed by atoms with van der Waals surface area (Å²) in [4.78, 5) is 0. The van der Waals surface area contributed by atoms with Crippen molar-refractivity contribution < 1.29 is 14.2 Å². The van der Waals surface area contributed by atoms with Crippen LogP contribution < -0.4 is 4.74 Å². The monoisotopic (exact) mass is 320 g/mol. The summed E-state index contributed by atoms with van der Waals surface area (Å²) in [6.07, 6.45) is 8.87. The van der Waals surface area contributed by atoms with Crippen LogP contribution in [0, 0.1) is 0 Å². The first-order chi connectivity index (χ1) is 11.3. The lowest BCUT2D eigenvalue weighted by Gasteiger charge is -2.30. The SMILES string of the molecule is CCCCCCC1COC(c2ccc(OCCCC)cc2)CO1. The van der Waals surface area contributed by atoms with E-state index in [0.29, 0.717) is 13.2 Å². The number of hydrogen-bond acceptors (Lipinski definition) is 3. The topological polar surface area (TPSA) is 27.7 Å². The van der Waals surface area contributed by atoms with E-state index >= 15 is 0 Å². The summed E-state index contributed by atoms with van der Waals surface area (Å²) in [6.45, 7) is 6.58. The molecule has 1 aliphatic heterocycles. The fourth-order valence-electron chi connectivity index (χ4n) is 2.81. The third kappa shape index (κ3) is 6.52. The Kier molecular flexibility index (Phi) is 8.48. The fraction of sp³-hybridized carbons (Fsp3) is 0.700. The molecule has 1 heterocycles. The van der Waals surface area contributed by atoms with Crippen LogP contribution in [0.3, 0.4) is 0 Å². The average molecular weight is 320 g/mol. The molecule has 0 saturated carbocycles. The zero-order valence-electron chi connectivity index (χ0n) is 14.8. The maximum absolute atomic E-state index is 6.01. The van der Waals surface area contributed by atoms with Gasteiger partial charge >= 0.3 is 0 Å². The van der Waals surface area contributed by atoms with Crippen LogP contribution in [0.2, 0.25) is 0 Å². The molecule has 1 fully saturated rings. The Balaban J connectivity index is 1.70. The second-order valence-corrected chi connectivity index (χ2v) is 6.40. The van der Waals surface area contributed by atoms with E-state index < -0.39 is 0 Å². The molecule has 0 bridgehead atoms. The van der Waals surface area contributed by atoms with Crippen molar-refractivity contribution >= 4 is 0 Å². The summed E-state index contributed by atoms with van der Waals surface area (Å²) in [7, 11) is 0. The second-order valence-electron chi connectivity index (χ2n) is 6.40. The Bertz CT molecular complexity index is 407. The van der Waals surface area contributed by atoms with E-state index in [1.165, 1.54) is 31.2 Å². The summed E-state index contributed by atoms with van der Waals surface area (Å²) in [5.74, 6) is 0.938. The van der Waals surface area contributed by atoms with Crippen LogP contribution >= 0.6 is 0 Å². The van der Waals surface area contributed by atoms with Crippen LogP contribution in [0.4, 0.5) is 0 Å². The quantitative estimate of drug-likeness (QED) is 0.548. The maximum atomic E-state index is 6.01. The van der Waals surface area contributed by atoms with Crippen molar-refractivity contribution in [2.45, 2.75) is 71.0 Å².